The smallest absolute Gasteiger partial charge is 0.112 e. The van der Waals surface area contributed by atoms with Crippen LogP contribution in [0.3, 0.4) is 0 Å². The Morgan fingerprint density at radius 1 is 1.31 bits per heavy atom. The summed E-state index contributed by atoms with van der Waals surface area (Å²) >= 11 is 5.70. The van der Waals surface area contributed by atoms with E-state index >= 15 is 0 Å². The molecule has 1 unspecified atom stereocenters. The number of benzene rings is 1. The van der Waals surface area contributed by atoms with E-state index in [1.807, 2.05) is 6.92 Å². The van der Waals surface area contributed by atoms with E-state index in [1.54, 1.807) is 24.3 Å². The van der Waals surface area contributed by atoms with Crippen molar-refractivity contribution in [1.82, 2.24) is 0 Å². The number of rotatable bonds is 3. The number of aliphatic hydroxyl groups is 2. The van der Waals surface area contributed by atoms with Crippen molar-refractivity contribution in [3.8, 4) is 0 Å². The summed E-state index contributed by atoms with van der Waals surface area (Å²) in [4.78, 5) is 0. The van der Waals surface area contributed by atoms with Crippen LogP contribution in [-0.2, 0) is 5.60 Å². The molecule has 13 heavy (non-hydrogen) atoms. The van der Waals surface area contributed by atoms with Gasteiger partial charge in [0.05, 0.1) is 6.61 Å². The van der Waals surface area contributed by atoms with Gasteiger partial charge >= 0.3 is 0 Å². The lowest BCUT2D eigenvalue weighted by atomic mass is 9.92. The average molecular weight is 201 g/mol. The molecule has 0 heterocycles. The van der Waals surface area contributed by atoms with Gasteiger partial charge in [0.2, 0.25) is 0 Å². The van der Waals surface area contributed by atoms with Crippen LogP contribution in [0.1, 0.15) is 18.9 Å². The highest BCUT2D eigenvalue weighted by Gasteiger charge is 2.25. The van der Waals surface area contributed by atoms with Gasteiger partial charge in [0, 0.05) is 5.02 Å². The zero-order chi connectivity index (χ0) is 9.90. The summed E-state index contributed by atoms with van der Waals surface area (Å²) < 4.78 is 0. The lowest BCUT2D eigenvalue weighted by molar-refractivity contribution is -0.0222. The van der Waals surface area contributed by atoms with Crippen LogP contribution in [0, 0.1) is 0 Å². The summed E-state index contributed by atoms with van der Waals surface area (Å²) in [6.07, 6.45) is 0.477. The second-order valence-electron chi connectivity index (χ2n) is 3.05. The van der Waals surface area contributed by atoms with E-state index in [0.29, 0.717) is 17.0 Å². The summed E-state index contributed by atoms with van der Waals surface area (Å²) in [5.41, 5.74) is -0.438. The van der Waals surface area contributed by atoms with Gasteiger partial charge in [-0.1, -0.05) is 30.7 Å². The van der Waals surface area contributed by atoms with Crippen molar-refractivity contribution >= 4 is 11.6 Å². The van der Waals surface area contributed by atoms with Crippen LogP contribution in [0.15, 0.2) is 24.3 Å². The fourth-order valence-corrected chi connectivity index (χ4v) is 1.29. The molecule has 2 N–H and O–H groups in total. The van der Waals surface area contributed by atoms with E-state index in [4.69, 9.17) is 16.7 Å². The molecule has 0 aliphatic rings. The first-order valence-corrected chi connectivity index (χ1v) is 4.59. The van der Waals surface area contributed by atoms with E-state index in [-0.39, 0.29) is 6.61 Å². The molecule has 1 atom stereocenters. The fourth-order valence-electron chi connectivity index (χ4n) is 1.17. The monoisotopic (exact) mass is 200 g/mol. The van der Waals surface area contributed by atoms with Crippen molar-refractivity contribution in [2.75, 3.05) is 6.61 Å². The van der Waals surface area contributed by atoms with Gasteiger partial charge in [-0.15, -0.1) is 0 Å². The maximum atomic E-state index is 9.90. The molecule has 0 saturated carbocycles. The summed E-state index contributed by atoms with van der Waals surface area (Å²) in [5, 5.41) is 19.5. The minimum Gasteiger partial charge on any atom is -0.393 e. The standard InChI is InChI=1S/C10H13ClO2/c1-2-10(13,7-12)8-3-5-9(11)6-4-8/h3-6,12-13H,2,7H2,1H3. The first-order valence-electron chi connectivity index (χ1n) is 4.21. The molecule has 0 radical (unpaired) electrons. The SMILES string of the molecule is CCC(O)(CO)c1ccc(Cl)cc1. The van der Waals surface area contributed by atoms with Crippen LogP contribution in [0.4, 0.5) is 0 Å². The van der Waals surface area contributed by atoms with E-state index in [2.05, 4.69) is 0 Å². The van der Waals surface area contributed by atoms with Gasteiger partial charge in [-0.2, -0.15) is 0 Å². The van der Waals surface area contributed by atoms with Gasteiger partial charge in [-0.25, -0.2) is 0 Å². The van der Waals surface area contributed by atoms with Crippen molar-refractivity contribution in [3.05, 3.63) is 34.9 Å². The molecule has 0 fully saturated rings. The summed E-state index contributed by atoms with van der Waals surface area (Å²) in [5.74, 6) is 0. The molecule has 0 bridgehead atoms. The molecule has 1 aromatic carbocycles. The van der Waals surface area contributed by atoms with E-state index in [0.717, 1.165) is 0 Å². The Bertz CT molecular complexity index is 265. The normalized spacial score (nSPS) is 15.4. The number of hydrogen-bond donors (Lipinski definition) is 2. The minimum absolute atomic E-state index is 0.273. The summed E-state index contributed by atoms with van der Waals surface area (Å²) in [7, 11) is 0. The fraction of sp³-hybridized carbons (Fsp3) is 0.400. The largest absolute Gasteiger partial charge is 0.393 e. The quantitative estimate of drug-likeness (QED) is 0.783. The van der Waals surface area contributed by atoms with E-state index in [9.17, 15) is 5.11 Å². The topological polar surface area (TPSA) is 40.5 Å². The zero-order valence-corrected chi connectivity index (χ0v) is 8.25. The molecule has 0 amide bonds. The molecular weight excluding hydrogens is 188 g/mol. The van der Waals surface area contributed by atoms with Crippen molar-refractivity contribution < 1.29 is 10.2 Å². The third kappa shape index (κ3) is 2.21. The van der Waals surface area contributed by atoms with Gasteiger partial charge in [0.25, 0.3) is 0 Å². The molecule has 0 saturated heterocycles. The average Bonchev–Trinajstić information content (AvgIpc) is 2.18. The van der Waals surface area contributed by atoms with Crippen molar-refractivity contribution in [2.24, 2.45) is 0 Å². The van der Waals surface area contributed by atoms with Crippen LogP contribution in [0.25, 0.3) is 0 Å². The van der Waals surface area contributed by atoms with Crippen LogP contribution in [0.2, 0.25) is 5.02 Å². The summed E-state index contributed by atoms with van der Waals surface area (Å²) in [6.45, 7) is 1.55. The number of hydrogen-bond acceptors (Lipinski definition) is 2. The predicted octanol–water partition coefficient (Wildman–Crippen LogP) is 1.93. The second kappa shape index (κ2) is 4.09. The van der Waals surface area contributed by atoms with E-state index < -0.39 is 5.60 Å². The molecule has 2 nitrogen and oxygen atoms in total. The van der Waals surface area contributed by atoms with Crippen LogP contribution >= 0.6 is 11.6 Å². The molecule has 1 rings (SSSR count). The van der Waals surface area contributed by atoms with Gasteiger partial charge in [0.1, 0.15) is 5.60 Å². The molecule has 0 spiro atoms. The lowest BCUT2D eigenvalue weighted by Gasteiger charge is -2.24. The predicted molar refractivity (Wildman–Crippen MR) is 52.7 cm³/mol. The third-order valence-electron chi connectivity index (χ3n) is 2.23. The molecule has 0 aliphatic carbocycles. The highest BCUT2D eigenvalue weighted by molar-refractivity contribution is 6.30. The molecule has 0 aliphatic heterocycles. The molecular formula is C10H13ClO2. The Hall–Kier alpha value is -0.570. The number of aliphatic hydroxyl groups excluding tert-OH is 1. The van der Waals surface area contributed by atoms with Crippen LogP contribution < -0.4 is 0 Å². The van der Waals surface area contributed by atoms with Crippen molar-refractivity contribution in [3.63, 3.8) is 0 Å². The highest BCUT2D eigenvalue weighted by Crippen LogP contribution is 2.25. The van der Waals surface area contributed by atoms with Crippen molar-refractivity contribution in [1.29, 1.82) is 0 Å². The summed E-state index contributed by atoms with van der Waals surface area (Å²) in [6, 6.07) is 6.85. The van der Waals surface area contributed by atoms with E-state index in [1.165, 1.54) is 0 Å². The Labute approximate surface area is 82.8 Å². The zero-order valence-electron chi connectivity index (χ0n) is 7.50. The molecule has 0 aromatic heterocycles. The maximum Gasteiger partial charge on any atom is 0.112 e. The first kappa shape index (κ1) is 10.5. The number of halogens is 1. The van der Waals surface area contributed by atoms with Gasteiger partial charge in [-0.3, -0.25) is 0 Å². The second-order valence-corrected chi connectivity index (χ2v) is 3.49. The van der Waals surface area contributed by atoms with Crippen molar-refractivity contribution in [2.45, 2.75) is 18.9 Å². The van der Waals surface area contributed by atoms with Crippen LogP contribution in [0.5, 0.6) is 0 Å². The maximum absolute atomic E-state index is 9.90. The van der Waals surface area contributed by atoms with Crippen LogP contribution in [-0.4, -0.2) is 16.8 Å². The Morgan fingerprint density at radius 3 is 2.23 bits per heavy atom. The van der Waals surface area contributed by atoms with Gasteiger partial charge < -0.3 is 10.2 Å². The Kier molecular flexibility index (Phi) is 3.31. The molecule has 3 heteroatoms. The Balaban J connectivity index is 2.99. The first-order chi connectivity index (χ1) is 6.12. The highest BCUT2D eigenvalue weighted by atomic mass is 35.5. The van der Waals surface area contributed by atoms with Gasteiger partial charge in [0.15, 0.2) is 0 Å². The minimum atomic E-state index is -1.13. The third-order valence-corrected chi connectivity index (χ3v) is 2.48. The molecule has 1 aromatic rings. The van der Waals surface area contributed by atoms with Gasteiger partial charge in [-0.05, 0) is 24.1 Å². The lowest BCUT2D eigenvalue weighted by Crippen LogP contribution is -2.28. The Morgan fingerprint density at radius 2 is 1.85 bits per heavy atom. The molecule has 72 valence electrons.